The first kappa shape index (κ1) is 9.65. The van der Waals surface area contributed by atoms with Gasteiger partial charge in [0.2, 0.25) is 0 Å². The van der Waals surface area contributed by atoms with Crippen molar-refractivity contribution in [1.29, 1.82) is 0 Å². The van der Waals surface area contributed by atoms with Gasteiger partial charge in [0.15, 0.2) is 5.11 Å². The highest BCUT2D eigenvalue weighted by atomic mass is 32.1. The van der Waals surface area contributed by atoms with Gasteiger partial charge in [-0.3, -0.25) is 0 Å². The molecular formula is C6H15N3S. The van der Waals surface area contributed by atoms with Crippen molar-refractivity contribution >= 4 is 17.3 Å². The highest BCUT2D eigenvalue weighted by molar-refractivity contribution is 7.80. The van der Waals surface area contributed by atoms with E-state index in [1.165, 1.54) is 0 Å². The van der Waals surface area contributed by atoms with Gasteiger partial charge >= 0.3 is 0 Å². The molecule has 3 N–H and O–H groups in total. The summed E-state index contributed by atoms with van der Waals surface area (Å²) >= 11 is 4.86. The summed E-state index contributed by atoms with van der Waals surface area (Å²) in [5.41, 5.74) is 0. The van der Waals surface area contributed by atoms with Gasteiger partial charge in [-0.25, -0.2) is 0 Å². The number of hydrogen-bond donors (Lipinski definition) is 3. The molecule has 0 bridgehead atoms. The van der Waals surface area contributed by atoms with E-state index in [1.807, 2.05) is 14.1 Å². The Bertz CT molecular complexity index is 95.0. The zero-order valence-corrected chi connectivity index (χ0v) is 7.35. The predicted molar refractivity (Wildman–Crippen MR) is 48.2 cm³/mol. The minimum absolute atomic E-state index is 0.719. The van der Waals surface area contributed by atoms with E-state index in [4.69, 9.17) is 12.2 Å². The van der Waals surface area contributed by atoms with Gasteiger partial charge in [0.1, 0.15) is 0 Å². The number of nitrogens with one attached hydrogen (secondary N) is 3. The summed E-state index contributed by atoms with van der Waals surface area (Å²) < 4.78 is 0. The van der Waals surface area contributed by atoms with E-state index >= 15 is 0 Å². The molecule has 3 nitrogen and oxygen atoms in total. The van der Waals surface area contributed by atoms with E-state index in [0.717, 1.165) is 24.6 Å². The van der Waals surface area contributed by atoms with Crippen molar-refractivity contribution in [2.24, 2.45) is 0 Å². The van der Waals surface area contributed by atoms with Crippen LogP contribution < -0.4 is 16.0 Å². The molecule has 4 heteroatoms. The molecule has 60 valence electrons. The van der Waals surface area contributed by atoms with Crippen LogP contribution in [0.5, 0.6) is 0 Å². The maximum Gasteiger partial charge on any atom is 0.166 e. The van der Waals surface area contributed by atoms with Crippen LogP contribution in [0, 0.1) is 0 Å². The third-order valence-corrected chi connectivity index (χ3v) is 1.46. The van der Waals surface area contributed by atoms with E-state index in [2.05, 4.69) is 16.0 Å². The summed E-state index contributed by atoms with van der Waals surface area (Å²) in [6.45, 7) is 1.96. The molecule has 0 aromatic rings. The van der Waals surface area contributed by atoms with E-state index < -0.39 is 0 Å². The average Bonchev–Trinajstić information content (AvgIpc) is 1.98. The Morgan fingerprint density at radius 2 is 2.00 bits per heavy atom. The van der Waals surface area contributed by atoms with Crippen LogP contribution in [0.3, 0.4) is 0 Å². The van der Waals surface area contributed by atoms with Gasteiger partial charge in [0.25, 0.3) is 0 Å². The standard InChI is InChI=1S/C6H15N3S/c1-7-4-3-5-9-6(10)8-2/h7H,3-5H2,1-2H3,(H2,8,9,10). The normalized spacial score (nSPS) is 9.00. The van der Waals surface area contributed by atoms with Crippen molar-refractivity contribution in [2.45, 2.75) is 6.42 Å². The molecule has 0 aliphatic carbocycles. The summed E-state index contributed by atoms with van der Waals surface area (Å²) in [6, 6.07) is 0. The minimum atomic E-state index is 0.719. The fourth-order valence-electron chi connectivity index (χ4n) is 0.555. The molecule has 0 aromatic heterocycles. The first-order valence-electron chi connectivity index (χ1n) is 3.41. The second-order valence-electron chi connectivity index (χ2n) is 1.96. The third kappa shape index (κ3) is 5.78. The van der Waals surface area contributed by atoms with Crippen molar-refractivity contribution < 1.29 is 0 Å². The molecule has 0 aliphatic heterocycles. The van der Waals surface area contributed by atoms with Gasteiger partial charge in [-0.2, -0.15) is 0 Å². The molecule has 0 radical (unpaired) electrons. The second-order valence-corrected chi connectivity index (χ2v) is 2.37. The lowest BCUT2D eigenvalue weighted by Crippen LogP contribution is -2.33. The molecule has 0 aliphatic rings. The Balaban J connectivity index is 2.96. The van der Waals surface area contributed by atoms with Crippen molar-refractivity contribution in [3.8, 4) is 0 Å². The summed E-state index contributed by atoms with van der Waals surface area (Å²) in [5, 5.41) is 9.66. The molecule has 0 unspecified atom stereocenters. The van der Waals surface area contributed by atoms with Gasteiger partial charge in [-0.1, -0.05) is 0 Å². The SMILES string of the molecule is CNCCCNC(=S)NC. The highest BCUT2D eigenvalue weighted by Gasteiger charge is 1.87. The molecule has 0 heterocycles. The molecule has 10 heavy (non-hydrogen) atoms. The van der Waals surface area contributed by atoms with Gasteiger partial charge in [0.05, 0.1) is 0 Å². The summed E-state index contributed by atoms with van der Waals surface area (Å²) in [4.78, 5) is 0. The fraction of sp³-hybridized carbons (Fsp3) is 0.833. The van der Waals surface area contributed by atoms with E-state index in [0.29, 0.717) is 0 Å². The molecule has 0 spiro atoms. The molecule has 0 atom stereocenters. The van der Waals surface area contributed by atoms with Crippen molar-refractivity contribution in [2.75, 3.05) is 27.2 Å². The Kier molecular flexibility index (Phi) is 6.53. The summed E-state index contributed by atoms with van der Waals surface area (Å²) in [6.07, 6.45) is 1.10. The third-order valence-electron chi connectivity index (χ3n) is 1.12. The van der Waals surface area contributed by atoms with Gasteiger partial charge in [0, 0.05) is 13.6 Å². The topological polar surface area (TPSA) is 36.1 Å². The Labute approximate surface area is 67.6 Å². The maximum atomic E-state index is 4.86. The molecular weight excluding hydrogens is 146 g/mol. The van der Waals surface area contributed by atoms with Crippen molar-refractivity contribution in [3.63, 3.8) is 0 Å². The van der Waals surface area contributed by atoms with Crippen LogP contribution in [0.4, 0.5) is 0 Å². The lowest BCUT2D eigenvalue weighted by atomic mass is 10.4. The monoisotopic (exact) mass is 161 g/mol. The summed E-state index contributed by atoms with van der Waals surface area (Å²) in [5.74, 6) is 0. The zero-order valence-electron chi connectivity index (χ0n) is 6.53. The van der Waals surface area contributed by atoms with E-state index in [1.54, 1.807) is 0 Å². The first-order valence-corrected chi connectivity index (χ1v) is 3.82. The molecule has 0 saturated carbocycles. The fourth-order valence-corrected chi connectivity index (χ4v) is 0.658. The Morgan fingerprint density at radius 3 is 2.50 bits per heavy atom. The van der Waals surface area contributed by atoms with Crippen LogP contribution in [-0.2, 0) is 0 Å². The Morgan fingerprint density at radius 1 is 1.30 bits per heavy atom. The molecule has 0 saturated heterocycles. The van der Waals surface area contributed by atoms with E-state index in [9.17, 15) is 0 Å². The molecule has 0 aromatic carbocycles. The molecule has 0 fully saturated rings. The van der Waals surface area contributed by atoms with E-state index in [-0.39, 0.29) is 0 Å². The zero-order chi connectivity index (χ0) is 7.82. The maximum absolute atomic E-state index is 4.86. The second kappa shape index (κ2) is 6.77. The van der Waals surface area contributed by atoms with Crippen molar-refractivity contribution in [3.05, 3.63) is 0 Å². The minimum Gasteiger partial charge on any atom is -0.366 e. The average molecular weight is 161 g/mol. The number of hydrogen-bond acceptors (Lipinski definition) is 2. The largest absolute Gasteiger partial charge is 0.366 e. The van der Waals surface area contributed by atoms with Crippen LogP contribution in [0.25, 0.3) is 0 Å². The van der Waals surface area contributed by atoms with Gasteiger partial charge < -0.3 is 16.0 Å². The smallest absolute Gasteiger partial charge is 0.166 e. The van der Waals surface area contributed by atoms with Crippen LogP contribution in [0.2, 0.25) is 0 Å². The van der Waals surface area contributed by atoms with Crippen LogP contribution in [0.1, 0.15) is 6.42 Å². The molecule has 0 amide bonds. The number of rotatable bonds is 4. The van der Waals surface area contributed by atoms with Crippen LogP contribution >= 0.6 is 12.2 Å². The lowest BCUT2D eigenvalue weighted by molar-refractivity contribution is 0.701. The summed E-state index contributed by atoms with van der Waals surface area (Å²) in [7, 11) is 3.75. The Hall–Kier alpha value is -0.350. The molecule has 0 rings (SSSR count). The predicted octanol–water partition coefficient (Wildman–Crippen LogP) is -0.310. The first-order chi connectivity index (χ1) is 4.81. The van der Waals surface area contributed by atoms with Crippen LogP contribution in [0.15, 0.2) is 0 Å². The van der Waals surface area contributed by atoms with Gasteiger partial charge in [-0.15, -0.1) is 0 Å². The number of thiocarbonyl (C=S) groups is 1. The highest BCUT2D eigenvalue weighted by Crippen LogP contribution is 1.71. The van der Waals surface area contributed by atoms with Crippen molar-refractivity contribution in [1.82, 2.24) is 16.0 Å². The van der Waals surface area contributed by atoms with Crippen LogP contribution in [-0.4, -0.2) is 32.3 Å². The lowest BCUT2D eigenvalue weighted by Gasteiger charge is -2.05. The van der Waals surface area contributed by atoms with Gasteiger partial charge in [-0.05, 0) is 32.2 Å². The quantitative estimate of drug-likeness (QED) is 0.390.